The Morgan fingerprint density at radius 2 is 2.37 bits per heavy atom. The lowest BCUT2D eigenvalue weighted by atomic mass is 9.96. The number of pyridine rings is 1. The quantitative estimate of drug-likeness (QED) is 0.910. The van der Waals surface area contributed by atoms with Crippen LogP contribution in [-0.2, 0) is 0 Å². The van der Waals surface area contributed by atoms with Crippen LogP contribution in [0.3, 0.4) is 0 Å². The van der Waals surface area contributed by atoms with Crippen LogP contribution in [0.2, 0.25) is 0 Å². The molecule has 1 aromatic rings. The number of hydrogen-bond acceptors (Lipinski definition) is 3. The van der Waals surface area contributed by atoms with Crippen LogP contribution < -0.4 is 0 Å². The monoisotopic (exact) mass is 266 g/mol. The van der Waals surface area contributed by atoms with Gasteiger partial charge in [-0.15, -0.1) is 0 Å². The molecule has 0 aliphatic carbocycles. The van der Waals surface area contributed by atoms with E-state index in [1.54, 1.807) is 11.8 Å². The van der Waals surface area contributed by atoms with Crippen molar-refractivity contribution in [2.45, 2.75) is 44.8 Å². The molecule has 5 heteroatoms. The van der Waals surface area contributed by atoms with Gasteiger partial charge in [0.05, 0.1) is 17.9 Å². The second kappa shape index (κ2) is 6.10. The second-order valence-corrected chi connectivity index (χ2v) is 5.12. The average Bonchev–Trinajstić information content (AvgIpc) is 2.38. The van der Waals surface area contributed by atoms with Gasteiger partial charge in [-0.3, -0.25) is 9.78 Å². The molecule has 1 aromatic heterocycles. The van der Waals surface area contributed by atoms with Crippen LogP contribution >= 0.6 is 0 Å². The van der Waals surface area contributed by atoms with Crippen LogP contribution in [0.4, 0.5) is 4.39 Å². The number of carbonyl (C=O) groups excluding carboxylic acids is 1. The van der Waals surface area contributed by atoms with Crippen LogP contribution in [0.15, 0.2) is 18.5 Å². The SMILES string of the molecule is CC(O)CC1CCCCN1C(=O)c1cncc(F)c1. The van der Waals surface area contributed by atoms with Crippen molar-refractivity contribution in [3.63, 3.8) is 0 Å². The first-order chi connectivity index (χ1) is 9.08. The van der Waals surface area contributed by atoms with E-state index in [1.807, 2.05) is 0 Å². The molecule has 1 N–H and O–H groups in total. The lowest BCUT2D eigenvalue weighted by molar-refractivity contribution is 0.0514. The minimum absolute atomic E-state index is 0.0320. The summed E-state index contributed by atoms with van der Waals surface area (Å²) in [7, 11) is 0. The fourth-order valence-corrected chi connectivity index (χ4v) is 2.60. The van der Waals surface area contributed by atoms with Gasteiger partial charge in [-0.1, -0.05) is 0 Å². The number of piperidine rings is 1. The standard InChI is InChI=1S/C14H19FN2O2/c1-10(18)6-13-4-2-3-5-17(13)14(19)11-7-12(15)9-16-8-11/h7-10,13,18H,2-6H2,1H3. The minimum Gasteiger partial charge on any atom is -0.393 e. The molecule has 0 spiro atoms. The molecular weight excluding hydrogens is 247 g/mol. The molecule has 1 amide bonds. The first-order valence-corrected chi connectivity index (χ1v) is 6.67. The number of likely N-dealkylation sites (tertiary alicyclic amines) is 1. The van der Waals surface area contributed by atoms with E-state index >= 15 is 0 Å². The number of halogens is 1. The van der Waals surface area contributed by atoms with E-state index in [1.165, 1.54) is 12.3 Å². The number of hydrogen-bond donors (Lipinski definition) is 1. The molecule has 2 unspecified atom stereocenters. The van der Waals surface area contributed by atoms with Crippen molar-refractivity contribution in [1.29, 1.82) is 0 Å². The molecule has 0 aromatic carbocycles. The Bertz CT molecular complexity index is 451. The van der Waals surface area contributed by atoms with Gasteiger partial charge < -0.3 is 10.0 Å². The van der Waals surface area contributed by atoms with E-state index in [2.05, 4.69) is 4.98 Å². The Labute approximate surface area is 112 Å². The summed E-state index contributed by atoms with van der Waals surface area (Å²) in [5, 5.41) is 9.51. The third-order valence-electron chi connectivity index (χ3n) is 3.45. The normalized spacial score (nSPS) is 21.2. The van der Waals surface area contributed by atoms with Crippen molar-refractivity contribution in [1.82, 2.24) is 9.88 Å². The lowest BCUT2D eigenvalue weighted by Crippen LogP contribution is -2.45. The zero-order chi connectivity index (χ0) is 13.8. The highest BCUT2D eigenvalue weighted by molar-refractivity contribution is 5.94. The Morgan fingerprint density at radius 3 is 3.05 bits per heavy atom. The van der Waals surface area contributed by atoms with Crippen molar-refractivity contribution in [3.8, 4) is 0 Å². The van der Waals surface area contributed by atoms with Crippen LogP contribution in [0.5, 0.6) is 0 Å². The Hall–Kier alpha value is -1.49. The van der Waals surface area contributed by atoms with Gasteiger partial charge in [-0.25, -0.2) is 4.39 Å². The molecule has 2 rings (SSSR count). The van der Waals surface area contributed by atoms with Crippen LogP contribution in [0, 0.1) is 5.82 Å². The van der Waals surface area contributed by atoms with Gasteiger partial charge in [0.1, 0.15) is 5.82 Å². The van der Waals surface area contributed by atoms with Crippen molar-refractivity contribution >= 4 is 5.91 Å². The molecule has 1 aliphatic heterocycles. The summed E-state index contributed by atoms with van der Waals surface area (Å²) in [6, 6.07) is 1.24. The third-order valence-corrected chi connectivity index (χ3v) is 3.45. The minimum atomic E-state index is -0.505. The van der Waals surface area contributed by atoms with Crippen molar-refractivity contribution < 1.29 is 14.3 Å². The number of amides is 1. The molecule has 2 heterocycles. The van der Waals surface area contributed by atoms with Gasteiger partial charge in [-0.05, 0) is 38.7 Å². The van der Waals surface area contributed by atoms with E-state index in [0.29, 0.717) is 13.0 Å². The number of carbonyl (C=O) groups is 1. The van der Waals surface area contributed by atoms with E-state index in [-0.39, 0.29) is 17.5 Å². The van der Waals surface area contributed by atoms with Crippen LogP contribution in [0.25, 0.3) is 0 Å². The molecule has 1 saturated heterocycles. The zero-order valence-corrected chi connectivity index (χ0v) is 11.1. The smallest absolute Gasteiger partial charge is 0.255 e. The molecule has 4 nitrogen and oxygen atoms in total. The molecule has 2 atom stereocenters. The van der Waals surface area contributed by atoms with Gasteiger partial charge in [0.15, 0.2) is 0 Å². The maximum Gasteiger partial charge on any atom is 0.255 e. The molecular formula is C14H19FN2O2. The highest BCUT2D eigenvalue weighted by Crippen LogP contribution is 2.23. The first-order valence-electron chi connectivity index (χ1n) is 6.67. The van der Waals surface area contributed by atoms with Gasteiger partial charge in [0.25, 0.3) is 5.91 Å². The third kappa shape index (κ3) is 3.50. The topological polar surface area (TPSA) is 53.4 Å². The lowest BCUT2D eigenvalue weighted by Gasteiger charge is -2.36. The molecule has 0 radical (unpaired) electrons. The van der Waals surface area contributed by atoms with E-state index in [9.17, 15) is 14.3 Å². The Kier molecular flexibility index (Phi) is 4.47. The number of nitrogens with zero attached hydrogens (tertiary/aromatic N) is 2. The summed E-state index contributed by atoms with van der Waals surface area (Å²) in [4.78, 5) is 17.8. The van der Waals surface area contributed by atoms with Crippen LogP contribution in [0.1, 0.15) is 43.0 Å². The largest absolute Gasteiger partial charge is 0.393 e. The Balaban J connectivity index is 2.15. The van der Waals surface area contributed by atoms with E-state index in [4.69, 9.17) is 0 Å². The molecule has 0 bridgehead atoms. The zero-order valence-electron chi connectivity index (χ0n) is 11.1. The summed E-state index contributed by atoms with van der Waals surface area (Å²) < 4.78 is 13.1. The Morgan fingerprint density at radius 1 is 1.58 bits per heavy atom. The van der Waals surface area contributed by atoms with E-state index < -0.39 is 11.9 Å². The highest BCUT2D eigenvalue weighted by Gasteiger charge is 2.28. The second-order valence-electron chi connectivity index (χ2n) is 5.12. The summed E-state index contributed by atoms with van der Waals surface area (Å²) in [6.07, 6.45) is 5.49. The van der Waals surface area contributed by atoms with Gasteiger partial charge >= 0.3 is 0 Å². The van der Waals surface area contributed by atoms with Crippen molar-refractivity contribution in [2.75, 3.05) is 6.54 Å². The van der Waals surface area contributed by atoms with Gasteiger partial charge in [0, 0.05) is 18.8 Å². The maximum atomic E-state index is 13.1. The summed E-state index contributed by atoms with van der Waals surface area (Å²) in [5.74, 6) is -0.702. The average molecular weight is 266 g/mol. The number of aliphatic hydroxyl groups excluding tert-OH is 1. The van der Waals surface area contributed by atoms with Crippen molar-refractivity contribution in [2.24, 2.45) is 0 Å². The van der Waals surface area contributed by atoms with Gasteiger partial charge in [0.2, 0.25) is 0 Å². The van der Waals surface area contributed by atoms with Gasteiger partial charge in [-0.2, -0.15) is 0 Å². The fraction of sp³-hybridized carbons (Fsp3) is 0.571. The molecule has 1 fully saturated rings. The summed E-state index contributed by atoms with van der Waals surface area (Å²) in [5.41, 5.74) is 0.275. The highest BCUT2D eigenvalue weighted by atomic mass is 19.1. The number of aromatic nitrogens is 1. The molecule has 19 heavy (non-hydrogen) atoms. The number of aliphatic hydroxyl groups is 1. The van der Waals surface area contributed by atoms with Crippen LogP contribution in [-0.4, -0.2) is 39.6 Å². The number of rotatable bonds is 3. The molecule has 0 saturated carbocycles. The predicted octanol–water partition coefficient (Wildman–Crippen LogP) is 1.99. The maximum absolute atomic E-state index is 13.1. The fourth-order valence-electron chi connectivity index (χ4n) is 2.60. The first kappa shape index (κ1) is 13.9. The molecule has 1 aliphatic rings. The van der Waals surface area contributed by atoms with Crippen molar-refractivity contribution in [3.05, 3.63) is 29.8 Å². The summed E-state index contributed by atoms with van der Waals surface area (Å²) in [6.45, 7) is 2.38. The summed E-state index contributed by atoms with van der Waals surface area (Å²) >= 11 is 0. The molecule has 104 valence electrons. The van der Waals surface area contributed by atoms with E-state index in [0.717, 1.165) is 25.5 Å². The predicted molar refractivity (Wildman–Crippen MR) is 69.2 cm³/mol.